The Morgan fingerprint density at radius 2 is 1.76 bits per heavy atom. The first-order chi connectivity index (χ1) is 24.4. The zero-order valence-corrected chi connectivity index (χ0v) is 29.6. The Labute approximate surface area is 298 Å². The van der Waals surface area contributed by atoms with E-state index in [1.807, 2.05) is 74.2 Å². The number of hydrogen-bond donors (Lipinski definition) is 2. The largest absolute Gasteiger partial charge is 0.449 e. The van der Waals surface area contributed by atoms with Crippen molar-refractivity contribution >= 4 is 41.1 Å². The minimum atomic E-state index is -0.757. The molecule has 3 N–H and O–H groups in total. The number of ether oxygens (including phenoxy) is 2. The number of benzene rings is 2. The van der Waals surface area contributed by atoms with Gasteiger partial charge in [0.1, 0.15) is 18.0 Å². The second kappa shape index (κ2) is 13.4. The molecule has 2 fully saturated rings. The Kier molecular flexibility index (Phi) is 8.96. The first-order valence-electron chi connectivity index (χ1n) is 17.4. The summed E-state index contributed by atoms with van der Waals surface area (Å²) in [6, 6.07) is 17.2. The van der Waals surface area contributed by atoms with E-state index in [4.69, 9.17) is 25.6 Å². The van der Waals surface area contributed by atoms with Crippen molar-refractivity contribution in [1.82, 2.24) is 14.8 Å². The Morgan fingerprint density at radius 1 is 1.02 bits per heavy atom. The molecule has 5 heterocycles. The molecule has 4 aliphatic heterocycles. The number of anilines is 1. The van der Waals surface area contributed by atoms with Crippen LogP contribution in [0.4, 0.5) is 5.82 Å². The number of nitrogens with two attached hydrogens (primary N) is 1. The lowest BCUT2D eigenvalue weighted by Crippen LogP contribution is -2.43. The summed E-state index contributed by atoms with van der Waals surface area (Å²) in [6.45, 7) is 8.91. The fraction of sp³-hybridized carbons (Fsp3) is 0.385. The number of pyridine rings is 1. The maximum absolute atomic E-state index is 14.0. The monoisotopic (exact) mass is 688 g/mol. The number of aromatic nitrogens is 1. The summed E-state index contributed by atoms with van der Waals surface area (Å²) < 4.78 is 11.7. The van der Waals surface area contributed by atoms with Crippen LogP contribution in [0, 0.1) is 17.7 Å². The first-order valence-corrected chi connectivity index (χ1v) is 17.4. The third kappa shape index (κ3) is 6.75. The topological polar surface area (TPSA) is 150 Å². The van der Waals surface area contributed by atoms with Crippen molar-refractivity contribution in [3.8, 4) is 11.5 Å². The van der Waals surface area contributed by atoms with E-state index >= 15 is 0 Å². The number of likely N-dealkylation sites (tertiary alicyclic amines) is 1. The number of aryl methyl sites for hydroxylation is 1. The van der Waals surface area contributed by atoms with E-state index in [1.54, 1.807) is 18.0 Å². The van der Waals surface area contributed by atoms with Crippen molar-refractivity contribution in [3.63, 3.8) is 0 Å². The smallest absolute Gasteiger partial charge is 0.246 e. The number of carbonyl (C=O) groups is 2. The summed E-state index contributed by atoms with van der Waals surface area (Å²) in [5.41, 5.74) is 10.9. The van der Waals surface area contributed by atoms with Crippen LogP contribution in [0.25, 0.3) is 5.57 Å². The summed E-state index contributed by atoms with van der Waals surface area (Å²) in [6.07, 6.45) is 5.73. The van der Waals surface area contributed by atoms with E-state index in [0.29, 0.717) is 86.5 Å². The molecule has 12 heteroatoms. The second-order valence-electron chi connectivity index (χ2n) is 14.2. The number of amidine groups is 1. The summed E-state index contributed by atoms with van der Waals surface area (Å²) in [4.78, 5) is 46.0. The molecule has 2 aromatic carbocycles. The number of nitrogens with zero attached hydrogens (tertiary/aromatic N) is 6. The van der Waals surface area contributed by atoms with Gasteiger partial charge in [0.05, 0.1) is 23.4 Å². The Balaban J connectivity index is 0.961. The van der Waals surface area contributed by atoms with Crippen molar-refractivity contribution in [2.75, 3.05) is 51.2 Å². The predicted octanol–water partition coefficient (Wildman–Crippen LogP) is 4.42. The Hall–Kier alpha value is -5.36. The molecule has 0 aliphatic carbocycles. The first kappa shape index (κ1) is 34.1. The van der Waals surface area contributed by atoms with Gasteiger partial charge in [-0.2, -0.15) is 0 Å². The normalized spacial score (nSPS) is 21.6. The molecule has 51 heavy (non-hydrogen) atoms. The highest BCUT2D eigenvalue weighted by Gasteiger charge is 2.51. The van der Waals surface area contributed by atoms with Gasteiger partial charge in [0.2, 0.25) is 17.6 Å². The lowest BCUT2D eigenvalue weighted by Gasteiger charge is -2.29. The molecule has 1 atom stereocenters. The number of fused-ring (bicyclic) bond motifs is 1. The molecule has 264 valence electrons. The summed E-state index contributed by atoms with van der Waals surface area (Å²) >= 11 is 0. The summed E-state index contributed by atoms with van der Waals surface area (Å²) in [5, 5.41) is 9.00. The maximum Gasteiger partial charge on any atom is 0.246 e. The lowest BCUT2D eigenvalue weighted by molar-refractivity contribution is -0.132. The average Bonchev–Trinajstić information content (AvgIpc) is 3.79. The molecule has 7 rings (SSSR count). The van der Waals surface area contributed by atoms with Crippen LogP contribution < -0.4 is 20.1 Å². The SMILES string of the molecule is CN=CN=C(N)c1ccc(C2=CCN(C(=O)CN3CC[C@]4(CCN(c5ccc(C)c(C(=N)c6ccc7c(c6)OC(C)(C)O7)n5)C4=O)C3)CC2)cc1. The number of carbonyl (C=O) groups excluding carboxylic acids is 2. The second-order valence-corrected chi connectivity index (χ2v) is 14.2. The van der Waals surface area contributed by atoms with Crippen LogP contribution in [0.2, 0.25) is 0 Å². The van der Waals surface area contributed by atoms with E-state index in [2.05, 4.69) is 21.0 Å². The van der Waals surface area contributed by atoms with Crippen LogP contribution in [-0.2, 0) is 9.59 Å². The van der Waals surface area contributed by atoms with Crippen LogP contribution >= 0.6 is 0 Å². The summed E-state index contributed by atoms with van der Waals surface area (Å²) in [7, 11) is 1.65. The minimum absolute atomic E-state index is 0.0414. The van der Waals surface area contributed by atoms with Gasteiger partial charge in [0, 0.05) is 58.2 Å². The van der Waals surface area contributed by atoms with Gasteiger partial charge in [0.15, 0.2) is 11.5 Å². The molecule has 0 saturated carbocycles. The fourth-order valence-electron chi connectivity index (χ4n) is 7.45. The van der Waals surface area contributed by atoms with E-state index < -0.39 is 11.2 Å². The van der Waals surface area contributed by atoms with Gasteiger partial charge in [0.25, 0.3) is 0 Å². The van der Waals surface area contributed by atoms with Crippen molar-refractivity contribution in [3.05, 3.63) is 88.6 Å². The van der Waals surface area contributed by atoms with Crippen LogP contribution in [-0.4, -0.2) is 96.6 Å². The average molecular weight is 689 g/mol. The molecule has 3 aromatic rings. The van der Waals surface area contributed by atoms with Gasteiger partial charge in [-0.25, -0.2) is 9.98 Å². The molecule has 0 bridgehead atoms. The molecule has 2 saturated heterocycles. The van der Waals surface area contributed by atoms with Crippen LogP contribution in [0.5, 0.6) is 11.5 Å². The van der Waals surface area contributed by atoms with E-state index in [0.717, 1.165) is 23.1 Å². The third-order valence-corrected chi connectivity index (χ3v) is 10.3. The molecule has 12 nitrogen and oxygen atoms in total. The maximum atomic E-state index is 14.0. The Bertz CT molecular complexity index is 1980. The third-order valence-electron chi connectivity index (χ3n) is 10.3. The quantitative estimate of drug-likeness (QED) is 0.263. The van der Waals surface area contributed by atoms with Crippen LogP contribution in [0.15, 0.2) is 70.7 Å². The number of aliphatic imine (C=N–C) groups is 2. The molecule has 4 aliphatic rings. The van der Waals surface area contributed by atoms with E-state index in [1.165, 1.54) is 11.9 Å². The van der Waals surface area contributed by atoms with E-state index in [-0.39, 0.29) is 17.5 Å². The number of nitrogens with one attached hydrogen (secondary N) is 1. The van der Waals surface area contributed by atoms with Crippen LogP contribution in [0.1, 0.15) is 61.1 Å². The molecular formula is C39H44N8O4. The number of amides is 2. The van der Waals surface area contributed by atoms with Gasteiger partial charge in [-0.1, -0.05) is 36.4 Å². The zero-order chi connectivity index (χ0) is 35.9. The van der Waals surface area contributed by atoms with Gasteiger partial charge < -0.3 is 20.1 Å². The molecule has 1 spiro atoms. The number of rotatable bonds is 8. The predicted molar refractivity (Wildman–Crippen MR) is 198 cm³/mol. The fourth-order valence-corrected chi connectivity index (χ4v) is 7.45. The molecule has 2 amide bonds. The highest BCUT2D eigenvalue weighted by molar-refractivity contribution is 6.11. The summed E-state index contributed by atoms with van der Waals surface area (Å²) in [5.74, 6) is 1.57. The Morgan fingerprint density at radius 3 is 2.51 bits per heavy atom. The van der Waals surface area contributed by atoms with Crippen molar-refractivity contribution in [2.45, 2.75) is 45.8 Å². The molecule has 1 aromatic heterocycles. The van der Waals surface area contributed by atoms with Gasteiger partial charge in [-0.15, -0.1) is 0 Å². The lowest BCUT2D eigenvalue weighted by atomic mass is 9.85. The van der Waals surface area contributed by atoms with Crippen LogP contribution in [0.3, 0.4) is 0 Å². The van der Waals surface area contributed by atoms with Crippen molar-refractivity contribution in [2.24, 2.45) is 21.1 Å². The standard InChI is InChI=1S/C39H44N8O4/c1-25-5-12-32(44-35(25)34(40)29-10-11-30-31(21-29)51-38(2,3)50-30)47-20-16-39(37(47)49)15-19-45(23-39)22-33(48)46-17-13-27(14-18-46)26-6-8-28(9-7-26)36(41)43-24-42-4/h5-13,21,24,40H,14-20,22-23H2,1-4H3,(H2,41,42,43)/t39-/m0/s1. The number of hydrogen-bond acceptors (Lipinski definition) is 8. The highest BCUT2D eigenvalue weighted by atomic mass is 16.7. The van der Waals surface area contributed by atoms with E-state index in [9.17, 15) is 9.59 Å². The zero-order valence-electron chi connectivity index (χ0n) is 29.6. The van der Waals surface area contributed by atoms with Crippen molar-refractivity contribution < 1.29 is 19.1 Å². The minimum Gasteiger partial charge on any atom is -0.449 e. The molecular weight excluding hydrogens is 644 g/mol. The highest BCUT2D eigenvalue weighted by Crippen LogP contribution is 2.43. The molecule has 0 unspecified atom stereocenters. The van der Waals surface area contributed by atoms with Gasteiger partial charge >= 0.3 is 0 Å². The van der Waals surface area contributed by atoms with Gasteiger partial charge in [-0.3, -0.25) is 29.8 Å². The molecule has 0 radical (unpaired) electrons. The van der Waals surface area contributed by atoms with Gasteiger partial charge in [-0.05, 0) is 73.7 Å². The van der Waals surface area contributed by atoms with Crippen molar-refractivity contribution in [1.29, 1.82) is 5.41 Å².